The molecule has 0 fully saturated rings. The van der Waals surface area contributed by atoms with Gasteiger partial charge in [0.15, 0.2) is 0 Å². The van der Waals surface area contributed by atoms with Crippen molar-refractivity contribution < 1.29 is 18.3 Å². The molecule has 136 valence electrons. The monoisotopic (exact) mass is 367 g/mol. The molecule has 0 aliphatic carbocycles. The van der Waals surface area contributed by atoms with Crippen LogP contribution in [0.3, 0.4) is 0 Å². The maximum atomic E-state index is 14.3. The summed E-state index contributed by atoms with van der Waals surface area (Å²) < 4.78 is 38.6. The van der Waals surface area contributed by atoms with Crippen LogP contribution in [-0.2, 0) is 0 Å². The number of aromatic nitrogens is 1. The Balaban J connectivity index is 2.31. The summed E-state index contributed by atoms with van der Waals surface area (Å²) in [6.07, 6.45) is 0. The minimum absolute atomic E-state index is 0.0369. The van der Waals surface area contributed by atoms with Gasteiger partial charge in [0.05, 0.1) is 19.9 Å². The second-order valence-electron chi connectivity index (χ2n) is 5.62. The van der Waals surface area contributed by atoms with Gasteiger partial charge in [-0.25, -0.2) is 13.8 Å². The first-order chi connectivity index (χ1) is 13.0. The Morgan fingerprint density at radius 3 is 2.41 bits per heavy atom. The van der Waals surface area contributed by atoms with Crippen LogP contribution >= 0.6 is 0 Å². The smallest absolute Gasteiger partial charge is 0.142 e. The molecule has 2 N–H and O–H groups in total. The summed E-state index contributed by atoms with van der Waals surface area (Å²) in [6.45, 7) is 0. The van der Waals surface area contributed by atoms with Crippen molar-refractivity contribution in [3.05, 3.63) is 59.7 Å². The van der Waals surface area contributed by atoms with Gasteiger partial charge >= 0.3 is 0 Å². The van der Waals surface area contributed by atoms with Crippen LogP contribution in [0.2, 0.25) is 0 Å². The lowest BCUT2D eigenvalue weighted by molar-refractivity contribution is 0.404. The van der Waals surface area contributed by atoms with Gasteiger partial charge < -0.3 is 15.2 Å². The molecule has 1 aromatic heterocycles. The molecule has 0 spiro atoms. The number of hydrogen-bond donors (Lipinski definition) is 1. The van der Waals surface area contributed by atoms with Crippen LogP contribution in [-0.4, -0.2) is 19.2 Å². The van der Waals surface area contributed by atoms with Gasteiger partial charge in [0.25, 0.3) is 0 Å². The number of pyridine rings is 1. The molecule has 0 bridgehead atoms. The zero-order valence-electron chi connectivity index (χ0n) is 14.6. The predicted octanol–water partition coefficient (Wildman–Crippen LogP) is 4.16. The van der Waals surface area contributed by atoms with Gasteiger partial charge in [-0.1, -0.05) is 0 Å². The highest BCUT2D eigenvalue weighted by molar-refractivity contribution is 5.82. The summed E-state index contributed by atoms with van der Waals surface area (Å²) in [5.74, 6) is -0.376. The van der Waals surface area contributed by atoms with E-state index in [9.17, 15) is 14.0 Å². The number of nitrogen functional groups attached to an aromatic ring is 1. The van der Waals surface area contributed by atoms with Crippen molar-refractivity contribution in [1.82, 2.24) is 4.98 Å². The van der Waals surface area contributed by atoms with Gasteiger partial charge in [-0.3, -0.25) is 0 Å². The highest BCUT2D eigenvalue weighted by Gasteiger charge is 2.19. The Bertz CT molecular complexity index is 1060. The molecule has 1 heterocycles. The Hall–Kier alpha value is -3.66. The Morgan fingerprint density at radius 2 is 1.74 bits per heavy atom. The average molecular weight is 367 g/mol. The summed E-state index contributed by atoms with van der Waals surface area (Å²) >= 11 is 0. The Labute approximate surface area is 154 Å². The number of hydrogen-bond acceptors (Lipinski definition) is 5. The molecular formula is C20H15F2N3O2. The van der Waals surface area contributed by atoms with Gasteiger partial charge in [0.1, 0.15) is 40.6 Å². The van der Waals surface area contributed by atoms with E-state index in [4.69, 9.17) is 15.2 Å². The van der Waals surface area contributed by atoms with E-state index >= 15 is 0 Å². The molecule has 0 saturated heterocycles. The molecule has 0 radical (unpaired) electrons. The van der Waals surface area contributed by atoms with E-state index in [-0.39, 0.29) is 22.5 Å². The van der Waals surface area contributed by atoms with Gasteiger partial charge in [-0.15, -0.1) is 0 Å². The van der Waals surface area contributed by atoms with Crippen LogP contribution in [0.1, 0.15) is 5.56 Å². The first kappa shape index (κ1) is 18.1. The fraction of sp³-hybridized carbons (Fsp3) is 0.100. The summed E-state index contributed by atoms with van der Waals surface area (Å²) in [5.41, 5.74) is 6.83. The molecular weight excluding hydrogens is 352 g/mol. The second-order valence-corrected chi connectivity index (χ2v) is 5.62. The van der Waals surface area contributed by atoms with Crippen LogP contribution in [0.15, 0.2) is 42.5 Å². The molecule has 27 heavy (non-hydrogen) atoms. The quantitative estimate of drug-likeness (QED) is 0.749. The number of methoxy groups -OCH3 is 2. The number of benzene rings is 2. The van der Waals surface area contributed by atoms with Crippen molar-refractivity contribution >= 4 is 5.82 Å². The minimum Gasteiger partial charge on any atom is -0.497 e. The van der Waals surface area contributed by atoms with Gasteiger partial charge in [-0.2, -0.15) is 5.26 Å². The number of rotatable bonds is 4. The van der Waals surface area contributed by atoms with E-state index in [0.717, 1.165) is 18.2 Å². The molecule has 5 nitrogen and oxygen atoms in total. The number of nitriles is 1. The fourth-order valence-corrected chi connectivity index (χ4v) is 2.75. The Morgan fingerprint density at radius 1 is 0.963 bits per heavy atom. The molecule has 7 heteroatoms. The SMILES string of the molecule is COc1ccc(OC)c(-c2cc(-c3cc(F)ccc3F)c(C#N)c(N)n2)c1. The molecule has 0 unspecified atom stereocenters. The summed E-state index contributed by atoms with van der Waals surface area (Å²) in [6, 6.07) is 11.5. The zero-order chi connectivity index (χ0) is 19.6. The molecule has 2 aromatic carbocycles. The van der Waals surface area contributed by atoms with Crippen LogP contribution in [0.25, 0.3) is 22.4 Å². The van der Waals surface area contributed by atoms with E-state index in [0.29, 0.717) is 22.8 Å². The number of anilines is 1. The van der Waals surface area contributed by atoms with Crippen LogP contribution in [0.4, 0.5) is 14.6 Å². The van der Waals surface area contributed by atoms with E-state index in [2.05, 4.69) is 4.98 Å². The van der Waals surface area contributed by atoms with Crippen LogP contribution in [0, 0.1) is 23.0 Å². The number of nitrogens with zero attached hydrogens (tertiary/aromatic N) is 2. The summed E-state index contributed by atoms with van der Waals surface area (Å²) in [7, 11) is 3.01. The lowest BCUT2D eigenvalue weighted by atomic mass is 9.97. The number of nitrogens with two attached hydrogens (primary N) is 1. The summed E-state index contributed by atoms with van der Waals surface area (Å²) in [4.78, 5) is 4.24. The lowest BCUT2D eigenvalue weighted by Gasteiger charge is -2.14. The van der Waals surface area contributed by atoms with Gasteiger partial charge in [-0.05, 0) is 42.5 Å². The third kappa shape index (κ3) is 3.37. The third-order valence-corrected chi connectivity index (χ3v) is 4.06. The second kappa shape index (κ2) is 7.30. The lowest BCUT2D eigenvalue weighted by Crippen LogP contribution is -2.02. The molecule has 3 aromatic rings. The molecule has 3 rings (SSSR count). The molecule has 0 atom stereocenters. The molecule has 0 aliphatic heterocycles. The van der Waals surface area contributed by atoms with E-state index < -0.39 is 11.6 Å². The third-order valence-electron chi connectivity index (χ3n) is 4.06. The molecule has 0 amide bonds. The highest BCUT2D eigenvalue weighted by atomic mass is 19.1. The van der Waals surface area contributed by atoms with Crippen molar-refractivity contribution in [2.75, 3.05) is 20.0 Å². The highest BCUT2D eigenvalue weighted by Crippen LogP contribution is 2.37. The maximum absolute atomic E-state index is 14.3. The predicted molar refractivity (Wildman–Crippen MR) is 97.3 cm³/mol. The van der Waals surface area contributed by atoms with Crippen molar-refractivity contribution in [1.29, 1.82) is 5.26 Å². The van der Waals surface area contributed by atoms with Crippen molar-refractivity contribution in [2.24, 2.45) is 0 Å². The standard InChI is InChI=1S/C20H15F2N3O2/c1-26-12-4-6-19(27-2)15(8-12)18-9-13(16(10-23)20(24)25-18)14-7-11(21)3-5-17(14)22/h3-9H,1-2H3,(H2,24,25). The first-order valence-electron chi connectivity index (χ1n) is 7.87. The van der Waals surface area contributed by atoms with Crippen molar-refractivity contribution in [2.45, 2.75) is 0 Å². The summed E-state index contributed by atoms with van der Waals surface area (Å²) in [5, 5.41) is 9.43. The minimum atomic E-state index is -0.679. The van der Waals surface area contributed by atoms with Gasteiger partial charge in [0, 0.05) is 16.7 Å². The maximum Gasteiger partial charge on any atom is 0.142 e. The number of halogens is 2. The van der Waals surface area contributed by atoms with Crippen LogP contribution in [0.5, 0.6) is 11.5 Å². The zero-order valence-corrected chi connectivity index (χ0v) is 14.6. The molecule has 0 saturated carbocycles. The van der Waals surface area contributed by atoms with Crippen molar-refractivity contribution in [3.63, 3.8) is 0 Å². The van der Waals surface area contributed by atoms with E-state index in [1.165, 1.54) is 20.3 Å². The average Bonchev–Trinajstić information content (AvgIpc) is 2.68. The van der Waals surface area contributed by atoms with E-state index in [1.807, 2.05) is 6.07 Å². The number of ether oxygens (including phenoxy) is 2. The topological polar surface area (TPSA) is 81.2 Å². The largest absolute Gasteiger partial charge is 0.497 e. The normalized spacial score (nSPS) is 10.3. The van der Waals surface area contributed by atoms with Gasteiger partial charge in [0.2, 0.25) is 0 Å². The van der Waals surface area contributed by atoms with Crippen LogP contribution < -0.4 is 15.2 Å². The van der Waals surface area contributed by atoms with E-state index in [1.54, 1.807) is 18.2 Å². The fourth-order valence-electron chi connectivity index (χ4n) is 2.75. The van der Waals surface area contributed by atoms with Crippen molar-refractivity contribution in [3.8, 4) is 40.0 Å². The Kier molecular flexibility index (Phi) is 4.90. The first-order valence-corrected chi connectivity index (χ1v) is 7.87. The molecule has 0 aliphatic rings.